The van der Waals surface area contributed by atoms with Gasteiger partial charge in [0.05, 0.1) is 11.7 Å². The van der Waals surface area contributed by atoms with Gasteiger partial charge in [0.1, 0.15) is 11.3 Å². The fraction of sp³-hybridized carbons (Fsp3) is 0.267. The molecular weight excluding hydrogens is 274 g/mol. The van der Waals surface area contributed by atoms with Gasteiger partial charge in [0.15, 0.2) is 0 Å². The molecule has 0 radical (unpaired) electrons. The third-order valence-electron chi connectivity index (χ3n) is 3.41. The lowest BCUT2D eigenvalue weighted by Gasteiger charge is -2.07. The van der Waals surface area contributed by atoms with Crippen molar-refractivity contribution in [3.8, 4) is 0 Å². The molecule has 0 aliphatic heterocycles. The van der Waals surface area contributed by atoms with E-state index in [4.69, 9.17) is 21.8 Å². The quantitative estimate of drug-likeness (QED) is 0.803. The molecule has 104 valence electrons. The fourth-order valence-electron chi connectivity index (χ4n) is 2.43. The van der Waals surface area contributed by atoms with Crippen LogP contribution < -0.4 is 5.73 Å². The molecule has 2 aromatic heterocycles. The van der Waals surface area contributed by atoms with Crippen LogP contribution in [-0.2, 0) is 13.5 Å². The highest BCUT2D eigenvalue weighted by Crippen LogP contribution is 2.29. The second kappa shape index (κ2) is 4.96. The van der Waals surface area contributed by atoms with Gasteiger partial charge in [0.2, 0.25) is 0 Å². The second-order valence-corrected chi connectivity index (χ2v) is 5.30. The van der Waals surface area contributed by atoms with Crippen molar-refractivity contribution in [2.24, 2.45) is 12.8 Å². The second-order valence-electron chi connectivity index (χ2n) is 4.87. The largest absolute Gasteiger partial charge is 0.459 e. The lowest BCUT2D eigenvalue weighted by molar-refractivity contribution is 0.524. The highest BCUT2D eigenvalue weighted by molar-refractivity contribution is 6.31. The van der Waals surface area contributed by atoms with Crippen molar-refractivity contribution in [1.29, 1.82) is 0 Å². The molecule has 5 heteroatoms. The summed E-state index contributed by atoms with van der Waals surface area (Å²) in [5.41, 5.74) is 9.12. The monoisotopic (exact) mass is 289 g/mol. The lowest BCUT2D eigenvalue weighted by atomic mass is 10.0. The Balaban J connectivity index is 2.05. The van der Waals surface area contributed by atoms with Crippen LogP contribution in [-0.4, -0.2) is 9.78 Å². The predicted octanol–water partition coefficient (Wildman–Crippen LogP) is 3.43. The summed E-state index contributed by atoms with van der Waals surface area (Å²) in [4.78, 5) is 0. The standard InChI is InChI=1S/C15H16ClN3O/c1-3-12-11(8-19(2)18-12)15(17)14-7-9-6-10(16)4-5-13(9)20-14/h4-8,15H,3,17H2,1-2H3. The van der Waals surface area contributed by atoms with E-state index in [2.05, 4.69) is 12.0 Å². The molecule has 0 aliphatic carbocycles. The topological polar surface area (TPSA) is 57.0 Å². The maximum atomic E-state index is 6.33. The average molecular weight is 290 g/mol. The van der Waals surface area contributed by atoms with Crippen LogP contribution in [0.25, 0.3) is 11.0 Å². The minimum absolute atomic E-state index is 0.315. The number of aromatic nitrogens is 2. The molecule has 3 aromatic rings. The van der Waals surface area contributed by atoms with Crippen LogP contribution in [0.4, 0.5) is 0 Å². The van der Waals surface area contributed by atoms with Crippen molar-refractivity contribution in [2.75, 3.05) is 0 Å². The third-order valence-corrected chi connectivity index (χ3v) is 3.65. The normalized spacial score (nSPS) is 13.0. The Morgan fingerprint density at radius 3 is 2.95 bits per heavy atom. The van der Waals surface area contributed by atoms with Crippen molar-refractivity contribution in [2.45, 2.75) is 19.4 Å². The smallest absolute Gasteiger partial charge is 0.134 e. The van der Waals surface area contributed by atoms with Gasteiger partial charge in [-0.1, -0.05) is 18.5 Å². The maximum Gasteiger partial charge on any atom is 0.134 e. The van der Waals surface area contributed by atoms with Crippen LogP contribution in [0.2, 0.25) is 5.02 Å². The molecule has 0 fully saturated rings. The van der Waals surface area contributed by atoms with E-state index in [0.29, 0.717) is 5.02 Å². The molecule has 1 unspecified atom stereocenters. The molecule has 0 saturated heterocycles. The zero-order valence-electron chi connectivity index (χ0n) is 11.4. The van der Waals surface area contributed by atoms with Crippen molar-refractivity contribution in [3.05, 3.63) is 52.5 Å². The molecular formula is C15H16ClN3O. The SMILES string of the molecule is CCc1nn(C)cc1C(N)c1cc2cc(Cl)ccc2o1. The molecule has 0 bridgehead atoms. The van der Waals surface area contributed by atoms with Crippen LogP contribution in [0.5, 0.6) is 0 Å². The van der Waals surface area contributed by atoms with Gasteiger partial charge in [-0.3, -0.25) is 4.68 Å². The summed E-state index contributed by atoms with van der Waals surface area (Å²) < 4.78 is 7.61. The van der Waals surface area contributed by atoms with Crippen LogP contribution in [0, 0.1) is 0 Å². The first-order valence-electron chi connectivity index (χ1n) is 6.55. The highest BCUT2D eigenvalue weighted by Gasteiger charge is 2.19. The number of halogens is 1. The number of fused-ring (bicyclic) bond motifs is 1. The molecule has 0 aliphatic rings. The summed E-state index contributed by atoms with van der Waals surface area (Å²) in [5, 5.41) is 6.07. The molecule has 1 atom stereocenters. The molecule has 3 rings (SSSR count). The van der Waals surface area contributed by atoms with Gasteiger partial charge >= 0.3 is 0 Å². The van der Waals surface area contributed by atoms with E-state index in [9.17, 15) is 0 Å². The van der Waals surface area contributed by atoms with Crippen molar-refractivity contribution >= 4 is 22.6 Å². The summed E-state index contributed by atoms with van der Waals surface area (Å²) in [6.07, 6.45) is 2.79. The number of nitrogens with two attached hydrogens (primary N) is 1. The van der Waals surface area contributed by atoms with Crippen LogP contribution in [0.3, 0.4) is 0 Å². The molecule has 0 saturated carbocycles. The Morgan fingerprint density at radius 1 is 1.40 bits per heavy atom. The minimum Gasteiger partial charge on any atom is -0.459 e. The molecule has 4 nitrogen and oxygen atoms in total. The fourth-order valence-corrected chi connectivity index (χ4v) is 2.61. The lowest BCUT2D eigenvalue weighted by Crippen LogP contribution is -2.12. The Morgan fingerprint density at radius 2 is 2.20 bits per heavy atom. The zero-order chi connectivity index (χ0) is 14.3. The predicted molar refractivity (Wildman–Crippen MR) is 79.8 cm³/mol. The van der Waals surface area contributed by atoms with Gasteiger partial charge in [-0.25, -0.2) is 0 Å². The van der Waals surface area contributed by atoms with Gasteiger partial charge in [0, 0.05) is 29.2 Å². The van der Waals surface area contributed by atoms with Gasteiger partial charge in [0.25, 0.3) is 0 Å². The molecule has 2 heterocycles. The summed E-state index contributed by atoms with van der Waals surface area (Å²) in [6.45, 7) is 2.07. The van der Waals surface area contributed by atoms with Crippen LogP contribution in [0.15, 0.2) is 34.9 Å². The van der Waals surface area contributed by atoms with Gasteiger partial charge in [-0.2, -0.15) is 5.10 Å². The number of benzene rings is 1. The van der Waals surface area contributed by atoms with Crippen molar-refractivity contribution in [3.63, 3.8) is 0 Å². The summed E-state index contributed by atoms with van der Waals surface area (Å²) >= 11 is 5.99. The third kappa shape index (κ3) is 2.21. The number of nitrogens with zero attached hydrogens (tertiary/aromatic N) is 2. The molecule has 0 amide bonds. The minimum atomic E-state index is -0.315. The van der Waals surface area contributed by atoms with Crippen LogP contribution >= 0.6 is 11.6 Å². The van der Waals surface area contributed by atoms with E-state index in [1.807, 2.05) is 37.5 Å². The molecule has 2 N–H and O–H groups in total. The first-order chi connectivity index (χ1) is 9.58. The highest BCUT2D eigenvalue weighted by atomic mass is 35.5. The first kappa shape index (κ1) is 13.2. The number of aryl methyl sites for hydroxylation is 2. The molecule has 20 heavy (non-hydrogen) atoms. The Bertz CT molecular complexity index is 760. The van der Waals surface area contributed by atoms with Gasteiger partial charge in [-0.05, 0) is 30.7 Å². The number of hydrogen-bond donors (Lipinski definition) is 1. The van der Waals surface area contributed by atoms with E-state index >= 15 is 0 Å². The Labute approximate surface area is 122 Å². The van der Waals surface area contributed by atoms with E-state index in [-0.39, 0.29) is 6.04 Å². The molecule has 1 aromatic carbocycles. The van der Waals surface area contributed by atoms with E-state index in [1.165, 1.54) is 0 Å². The maximum absolute atomic E-state index is 6.33. The number of hydrogen-bond acceptors (Lipinski definition) is 3. The van der Waals surface area contributed by atoms with Crippen LogP contribution in [0.1, 0.15) is 30.0 Å². The summed E-state index contributed by atoms with van der Waals surface area (Å²) in [5.74, 6) is 0.727. The summed E-state index contributed by atoms with van der Waals surface area (Å²) in [7, 11) is 1.90. The van der Waals surface area contributed by atoms with Gasteiger partial charge < -0.3 is 10.2 Å². The summed E-state index contributed by atoms with van der Waals surface area (Å²) in [6, 6.07) is 7.17. The molecule has 0 spiro atoms. The first-order valence-corrected chi connectivity index (χ1v) is 6.93. The number of furan rings is 1. The van der Waals surface area contributed by atoms with Crippen molar-refractivity contribution < 1.29 is 4.42 Å². The zero-order valence-corrected chi connectivity index (χ0v) is 12.2. The average Bonchev–Trinajstić information content (AvgIpc) is 3.00. The number of rotatable bonds is 3. The van der Waals surface area contributed by atoms with E-state index < -0.39 is 0 Å². The Hall–Kier alpha value is -1.78. The van der Waals surface area contributed by atoms with E-state index in [0.717, 1.165) is 34.4 Å². The van der Waals surface area contributed by atoms with Gasteiger partial charge in [-0.15, -0.1) is 0 Å². The Kier molecular flexibility index (Phi) is 3.28. The van der Waals surface area contributed by atoms with E-state index in [1.54, 1.807) is 4.68 Å². The van der Waals surface area contributed by atoms with Crippen molar-refractivity contribution in [1.82, 2.24) is 9.78 Å².